The third-order valence-electron chi connectivity index (χ3n) is 5.03. The number of carbonyl (C=O) groups excluding carboxylic acids is 1. The smallest absolute Gasteiger partial charge is 0.251 e. The van der Waals surface area contributed by atoms with E-state index in [2.05, 4.69) is 19.2 Å². The van der Waals surface area contributed by atoms with Crippen LogP contribution in [0.3, 0.4) is 0 Å². The van der Waals surface area contributed by atoms with E-state index in [1.807, 2.05) is 11.9 Å². The normalized spacial score (nSPS) is 30.5. The second kappa shape index (κ2) is 9.74. The molecule has 1 aliphatic carbocycles. The molecule has 0 bridgehead atoms. The minimum absolute atomic E-state index is 0. The average molecular weight is 333 g/mol. The van der Waals surface area contributed by atoms with E-state index in [1.54, 1.807) is 0 Å². The van der Waals surface area contributed by atoms with E-state index in [0.717, 1.165) is 51.1 Å². The second-order valence-corrected chi connectivity index (χ2v) is 6.84. The minimum atomic E-state index is -0.240. The van der Waals surface area contributed by atoms with E-state index in [-0.39, 0.29) is 30.5 Å². The summed E-state index contributed by atoms with van der Waals surface area (Å²) in [7, 11) is 1.98. The van der Waals surface area contributed by atoms with E-state index in [9.17, 15) is 4.79 Å². The summed E-state index contributed by atoms with van der Waals surface area (Å²) in [5.74, 6) is 0.940. The molecule has 0 radical (unpaired) electrons. The van der Waals surface area contributed by atoms with Crippen molar-refractivity contribution in [2.75, 3.05) is 20.1 Å². The third kappa shape index (κ3) is 5.39. The van der Waals surface area contributed by atoms with Crippen LogP contribution in [0.1, 0.15) is 58.8 Å². The number of piperidine rings is 1. The molecule has 1 aliphatic heterocycles. The molecule has 4 unspecified atom stereocenters. The average Bonchev–Trinajstić information content (AvgIpc) is 2.52. The standard InChI is InChI=1S/C17H32N2O2.ClH/c1-4-16(21-15-9-5-7-13(2)11-15)17(20)19-10-6-8-14(12-19)18-3;/h13-16,18H,4-12H2,1-3H3;1H. The minimum Gasteiger partial charge on any atom is -0.365 e. The van der Waals surface area contributed by atoms with E-state index < -0.39 is 0 Å². The number of rotatable bonds is 5. The summed E-state index contributed by atoms with van der Waals surface area (Å²) in [4.78, 5) is 14.7. The molecule has 130 valence electrons. The van der Waals surface area contributed by atoms with Gasteiger partial charge in [0.1, 0.15) is 6.10 Å². The Labute approximate surface area is 141 Å². The second-order valence-electron chi connectivity index (χ2n) is 6.84. The molecule has 1 heterocycles. The molecule has 2 aliphatic rings. The molecule has 1 amide bonds. The SMILES string of the molecule is CCC(OC1CCCC(C)C1)C(=O)N1CCCC(NC)C1.Cl. The summed E-state index contributed by atoms with van der Waals surface area (Å²) in [6, 6.07) is 0.440. The molecule has 22 heavy (non-hydrogen) atoms. The molecule has 0 aromatic heterocycles. The van der Waals surface area contributed by atoms with Crippen LogP contribution >= 0.6 is 12.4 Å². The predicted molar refractivity (Wildman–Crippen MR) is 92.5 cm³/mol. The van der Waals surface area contributed by atoms with Crippen molar-refractivity contribution >= 4 is 18.3 Å². The predicted octanol–water partition coefficient (Wildman–Crippen LogP) is 2.99. The Bertz CT molecular complexity index is 341. The molecule has 4 nitrogen and oxygen atoms in total. The Kier molecular flexibility index (Phi) is 8.73. The molecular weight excluding hydrogens is 300 g/mol. The van der Waals surface area contributed by atoms with Gasteiger partial charge in [-0.25, -0.2) is 0 Å². The molecule has 1 saturated heterocycles. The Morgan fingerprint density at radius 2 is 2.09 bits per heavy atom. The van der Waals surface area contributed by atoms with Crippen LogP contribution in [0.15, 0.2) is 0 Å². The number of hydrogen-bond donors (Lipinski definition) is 1. The number of halogens is 1. The first-order valence-corrected chi connectivity index (χ1v) is 8.75. The van der Waals surface area contributed by atoms with Crippen molar-refractivity contribution in [3.8, 4) is 0 Å². The summed E-state index contributed by atoms with van der Waals surface area (Å²) in [5.41, 5.74) is 0. The van der Waals surface area contributed by atoms with Crippen LogP contribution in [0.25, 0.3) is 0 Å². The van der Waals surface area contributed by atoms with Gasteiger partial charge in [0.05, 0.1) is 6.10 Å². The Balaban J connectivity index is 0.00000242. The van der Waals surface area contributed by atoms with E-state index in [1.165, 1.54) is 12.8 Å². The van der Waals surface area contributed by atoms with Crippen LogP contribution in [0.4, 0.5) is 0 Å². The molecule has 1 N–H and O–H groups in total. The van der Waals surface area contributed by atoms with Crippen LogP contribution < -0.4 is 5.32 Å². The lowest BCUT2D eigenvalue weighted by atomic mass is 9.88. The van der Waals surface area contributed by atoms with Crippen LogP contribution in [0.5, 0.6) is 0 Å². The monoisotopic (exact) mass is 332 g/mol. The molecule has 0 spiro atoms. The molecule has 1 saturated carbocycles. The Hall–Kier alpha value is -0.320. The third-order valence-corrected chi connectivity index (χ3v) is 5.03. The Morgan fingerprint density at radius 3 is 2.73 bits per heavy atom. The first kappa shape index (κ1) is 19.7. The number of amides is 1. The van der Waals surface area contributed by atoms with Gasteiger partial charge in [-0.05, 0) is 45.1 Å². The van der Waals surface area contributed by atoms with Gasteiger partial charge in [0, 0.05) is 19.1 Å². The van der Waals surface area contributed by atoms with E-state index >= 15 is 0 Å². The van der Waals surface area contributed by atoms with Gasteiger partial charge in [-0.1, -0.05) is 26.7 Å². The number of likely N-dealkylation sites (tertiary alicyclic amines) is 1. The maximum Gasteiger partial charge on any atom is 0.251 e. The van der Waals surface area contributed by atoms with Gasteiger partial charge in [-0.2, -0.15) is 0 Å². The lowest BCUT2D eigenvalue weighted by molar-refractivity contribution is -0.151. The molecule has 5 heteroatoms. The van der Waals surface area contributed by atoms with Crippen LogP contribution in [-0.4, -0.2) is 49.2 Å². The highest BCUT2D eigenvalue weighted by Crippen LogP contribution is 2.27. The van der Waals surface area contributed by atoms with Gasteiger partial charge in [0.25, 0.3) is 5.91 Å². The summed E-state index contributed by atoms with van der Waals surface area (Å²) >= 11 is 0. The van der Waals surface area contributed by atoms with E-state index in [0.29, 0.717) is 6.04 Å². The number of nitrogens with one attached hydrogen (secondary N) is 1. The van der Waals surface area contributed by atoms with Gasteiger partial charge in [0.15, 0.2) is 0 Å². The lowest BCUT2D eigenvalue weighted by Crippen LogP contribution is -2.51. The van der Waals surface area contributed by atoms with Crippen LogP contribution in [0, 0.1) is 5.92 Å². The zero-order chi connectivity index (χ0) is 15.2. The maximum absolute atomic E-state index is 12.7. The van der Waals surface area contributed by atoms with Gasteiger partial charge >= 0.3 is 0 Å². The highest BCUT2D eigenvalue weighted by atomic mass is 35.5. The highest BCUT2D eigenvalue weighted by Gasteiger charge is 2.31. The van der Waals surface area contributed by atoms with Crippen molar-refractivity contribution in [1.82, 2.24) is 10.2 Å². The lowest BCUT2D eigenvalue weighted by Gasteiger charge is -2.36. The fourth-order valence-electron chi connectivity index (χ4n) is 3.68. The highest BCUT2D eigenvalue weighted by molar-refractivity contribution is 5.85. The first-order chi connectivity index (χ1) is 10.1. The topological polar surface area (TPSA) is 41.6 Å². The maximum atomic E-state index is 12.7. The van der Waals surface area contributed by atoms with Crippen LogP contribution in [0.2, 0.25) is 0 Å². The van der Waals surface area contributed by atoms with Gasteiger partial charge in [-0.3, -0.25) is 4.79 Å². The summed E-state index contributed by atoms with van der Waals surface area (Å²) in [5, 5.41) is 3.30. The van der Waals surface area contributed by atoms with Crippen molar-refractivity contribution in [3.63, 3.8) is 0 Å². The largest absolute Gasteiger partial charge is 0.365 e. The van der Waals surface area contributed by atoms with Crippen molar-refractivity contribution in [2.24, 2.45) is 5.92 Å². The number of likely N-dealkylation sites (N-methyl/N-ethyl adjacent to an activating group) is 1. The molecule has 0 aromatic carbocycles. The van der Waals surface area contributed by atoms with E-state index in [4.69, 9.17) is 4.74 Å². The first-order valence-electron chi connectivity index (χ1n) is 8.75. The number of nitrogens with zero attached hydrogens (tertiary/aromatic N) is 1. The van der Waals surface area contributed by atoms with Gasteiger partial charge in [-0.15, -0.1) is 12.4 Å². The van der Waals surface area contributed by atoms with Gasteiger partial charge in [0.2, 0.25) is 0 Å². The fourth-order valence-corrected chi connectivity index (χ4v) is 3.68. The van der Waals surface area contributed by atoms with Gasteiger partial charge < -0.3 is 15.0 Å². The van der Waals surface area contributed by atoms with Crippen molar-refractivity contribution < 1.29 is 9.53 Å². The zero-order valence-corrected chi connectivity index (χ0v) is 15.2. The number of hydrogen-bond acceptors (Lipinski definition) is 3. The molecule has 4 atom stereocenters. The molecule has 2 fully saturated rings. The quantitative estimate of drug-likeness (QED) is 0.841. The Morgan fingerprint density at radius 1 is 1.32 bits per heavy atom. The van der Waals surface area contributed by atoms with Crippen LogP contribution in [-0.2, 0) is 9.53 Å². The van der Waals surface area contributed by atoms with Crippen molar-refractivity contribution in [1.29, 1.82) is 0 Å². The summed E-state index contributed by atoms with van der Waals surface area (Å²) in [6.45, 7) is 6.07. The molecule has 0 aromatic rings. The summed E-state index contributed by atoms with van der Waals surface area (Å²) < 4.78 is 6.18. The summed E-state index contributed by atoms with van der Waals surface area (Å²) in [6.07, 6.45) is 7.86. The number of carbonyl (C=O) groups is 1. The molecular formula is C17H33ClN2O2. The van der Waals surface area contributed by atoms with Crippen molar-refractivity contribution in [2.45, 2.75) is 77.0 Å². The zero-order valence-electron chi connectivity index (χ0n) is 14.3. The molecule has 2 rings (SSSR count). The fraction of sp³-hybridized carbons (Fsp3) is 0.941. The number of ether oxygens (including phenoxy) is 1. The van der Waals surface area contributed by atoms with Crippen molar-refractivity contribution in [3.05, 3.63) is 0 Å².